The molecule has 3 rings (SSSR count). The molecule has 0 radical (unpaired) electrons. The molecule has 4 heteroatoms. The maximum Gasteiger partial charge on any atom is 0.142 e. The molecule has 1 aromatic heterocycles. The first-order chi connectivity index (χ1) is 8.86. The molecule has 1 aliphatic rings. The van der Waals surface area contributed by atoms with E-state index >= 15 is 0 Å². The third kappa shape index (κ3) is 2.04. The second-order valence-corrected chi connectivity index (χ2v) is 4.82. The standard InChI is InChI=1S/C14H18N4/c1-11-16-17-14(12-6-5-9-15-10-12)18(11)13-7-3-2-4-8-13/h2-4,7-8,12,15H,5-6,9-10H2,1H3/t12-/m1/s1. The van der Waals surface area contributed by atoms with E-state index in [2.05, 4.69) is 44.3 Å². The van der Waals surface area contributed by atoms with Crippen LogP contribution in [-0.4, -0.2) is 27.9 Å². The molecule has 1 aliphatic heterocycles. The van der Waals surface area contributed by atoms with Crippen molar-refractivity contribution in [2.75, 3.05) is 13.1 Å². The van der Waals surface area contributed by atoms with E-state index in [0.29, 0.717) is 5.92 Å². The van der Waals surface area contributed by atoms with E-state index in [1.54, 1.807) is 0 Å². The number of aryl methyl sites for hydroxylation is 1. The van der Waals surface area contributed by atoms with Crippen molar-refractivity contribution in [2.45, 2.75) is 25.7 Å². The number of rotatable bonds is 2. The first-order valence-corrected chi connectivity index (χ1v) is 6.54. The summed E-state index contributed by atoms with van der Waals surface area (Å²) in [5.74, 6) is 2.52. The summed E-state index contributed by atoms with van der Waals surface area (Å²) < 4.78 is 2.18. The molecule has 0 bridgehead atoms. The lowest BCUT2D eigenvalue weighted by molar-refractivity contribution is 0.442. The molecule has 2 heterocycles. The van der Waals surface area contributed by atoms with E-state index in [0.717, 1.165) is 30.4 Å². The van der Waals surface area contributed by atoms with Crippen LogP contribution in [0.2, 0.25) is 0 Å². The van der Waals surface area contributed by atoms with Gasteiger partial charge in [0.15, 0.2) is 0 Å². The lowest BCUT2D eigenvalue weighted by atomic mass is 9.98. The fourth-order valence-electron chi connectivity index (χ4n) is 2.61. The first kappa shape index (κ1) is 11.4. The van der Waals surface area contributed by atoms with Crippen LogP contribution in [0.3, 0.4) is 0 Å². The van der Waals surface area contributed by atoms with Gasteiger partial charge in [-0.3, -0.25) is 4.57 Å². The molecule has 0 spiro atoms. The summed E-state index contributed by atoms with van der Waals surface area (Å²) in [6.07, 6.45) is 2.41. The van der Waals surface area contributed by atoms with Gasteiger partial charge >= 0.3 is 0 Å². The average Bonchev–Trinajstić information content (AvgIpc) is 2.83. The minimum Gasteiger partial charge on any atom is -0.316 e. The van der Waals surface area contributed by atoms with E-state index < -0.39 is 0 Å². The van der Waals surface area contributed by atoms with Gasteiger partial charge in [0.05, 0.1) is 0 Å². The van der Waals surface area contributed by atoms with Gasteiger partial charge in [0, 0.05) is 18.2 Å². The van der Waals surface area contributed by atoms with Crippen molar-refractivity contribution in [2.24, 2.45) is 0 Å². The first-order valence-electron chi connectivity index (χ1n) is 6.54. The number of nitrogens with one attached hydrogen (secondary N) is 1. The number of benzene rings is 1. The van der Waals surface area contributed by atoms with Crippen LogP contribution in [0.5, 0.6) is 0 Å². The van der Waals surface area contributed by atoms with Crippen molar-refractivity contribution in [3.8, 4) is 5.69 Å². The Bertz CT molecular complexity index is 512. The van der Waals surface area contributed by atoms with Gasteiger partial charge in [-0.25, -0.2) is 0 Å². The van der Waals surface area contributed by atoms with Crippen molar-refractivity contribution in [1.82, 2.24) is 20.1 Å². The largest absolute Gasteiger partial charge is 0.316 e. The molecule has 1 N–H and O–H groups in total. The van der Waals surface area contributed by atoms with Gasteiger partial charge in [-0.1, -0.05) is 18.2 Å². The van der Waals surface area contributed by atoms with Gasteiger partial charge in [-0.05, 0) is 38.4 Å². The molecular weight excluding hydrogens is 224 g/mol. The third-order valence-electron chi connectivity index (χ3n) is 3.53. The maximum absolute atomic E-state index is 4.39. The van der Waals surface area contributed by atoms with Crippen LogP contribution in [0.1, 0.15) is 30.4 Å². The Hall–Kier alpha value is -1.68. The van der Waals surface area contributed by atoms with Gasteiger partial charge in [-0.15, -0.1) is 10.2 Å². The van der Waals surface area contributed by atoms with Crippen LogP contribution < -0.4 is 5.32 Å². The van der Waals surface area contributed by atoms with Crippen LogP contribution in [-0.2, 0) is 0 Å². The second-order valence-electron chi connectivity index (χ2n) is 4.82. The van der Waals surface area contributed by atoms with Crippen molar-refractivity contribution < 1.29 is 0 Å². The second kappa shape index (κ2) is 4.90. The zero-order chi connectivity index (χ0) is 12.4. The highest BCUT2D eigenvalue weighted by Crippen LogP contribution is 2.24. The highest BCUT2D eigenvalue weighted by molar-refractivity contribution is 5.34. The molecule has 4 nitrogen and oxygen atoms in total. The van der Waals surface area contributed by atoms with Gasteiger partial charge < -0.3 is 5.32 Å². The number of piperidine rings is 1. The predicted octanol–water partition coefficient (Wildman–Crippen LogP) is 2.04. The van der Waals surface area contributed by atoms with Gasteiger partial charge in [0.25, 0.3) is 0 Å². The zero-order valence-electron chi connectivity index (χ0n) is 10.6. The highest BCUT2D eigenvalue weighted by atomic mass is 15.3. The van der Waals surface area contributed by atoms with Crippen LogP contribution in [0.4, 0.5) is 0 Å². The summed E-state index contributed by atoms with van der Waals surface area (Å²) in [7, 11) is 0. The summed E-state index contributed by atoms with van der Waals surface area (Å²) in [5, 5.41) is 12.1. The zero-order valence-corrected chi connectivity index (χ0v) is 10.6. The number of hydrogen-bond acceptors (Lipinski definition) is 3. The molecule has 1 saturated heterocycles. The molecule has 0 unspecified atom stereocenters. The molecule has 0 amide bonds. The van der Waals surface area contributed by atoms with Crippen molar-refractivity contribution in [3.05, 3.63) is 42.0 Å². The predicted molar refractivity (Wildman–Crippen MR) is 70.9 cm³/mol. The van der Waals surface area contributed by atoms with Crippen molar-refractivity contribution >= 4 is 0 Å². The van der Waals surface area contributed by atoms with Gasteiger partial charge in [0.2, 0.25) is 0 Å². The molecule has 1 aromatic carbocycles. The van der Waals surface area contributed by atoms with Crippen LogP contribution in [0, 0.1) is 6.92 Å². The SMILES string of the molecule is Cc1nnc([C@@H]2CCCNC2)n1-c1ccccc1. The molecule has 0 saturated carbocycles. The third-order valence-corrected chi connectivity index (χ3v) is 3.53. The Balaban J connectivity index is 2.01. The normalized spacial score (nSPS) is 19.9. The Morgan fingerprint density at radius 1 is 1.22 bits per heavy atom. The Kier molecular flexibility index (Phi) is 3.11. The van der Waals surface area contributed by atoms with E-state index in [1.807, 2.05) is 13.0 Å². The quantitative estimate of drug-likeness (QED) is 0.876. The van der Waals surface area contributed by atoms with Crippen LogP contribution in [0.25, 0.3) is 5.69 Å². The summed E-state index contributed by atoms with van der Waals surface area (Å²) in [6, 6.07) is 10.4. The summed E-state index contributed by atoms with van der Waals surface area (Å²) in [4.78, 5) is 0. The van der Waals surface area contributed by atoms with E-state index in [4.69, 9.17) is 0 Å². The van der Waals surface area contributed by atoms with Crippen LogP contribution in [0.15, 0.2) is 30.3 Å². The minimum atomic E-state index is 0.472. The lowest BCUT2D eigenvalue weighted by Crippen LogP contribution is -2.30. The van der Waals surface area contributed by atoms with Crippen molar-refractivity contribution in [1.29, 1.82) is 0 Å². The number of para-hydroxylation sites is 1. The van der Waals surface area contributed by atoms with E-state index in [9.17, 15) is 0 Å². The van der Waals surface area contributed by atoms with Crippen molar-refractivity contribution in [3.63, 3.8) is 0 Å². The lowest BCUT2D eigenvalue weighted by Gasteiger charge is -2.22. The molecular formula is C14H18N4. The fourth-order valence-corrected chi connectivity index (χ4v) is 2.61. The average molecular weight is 242 g/mol. The summed E-state index contributed by atoms with van der Waals surface area (Å²) in [6.45, 7) is 4.14. The molecule has 0 aliphatic carbocycles. The van der Waals surface area contributed by atoms with E-state index in [-0.39, 0.29) is 0 Å². The molecule has 1 fully saturated rings. The molecule has 94 valence electrons. The topological polar surface area (TPSA) is 42.7 Å². The number of nitrogens with zero attached hydrogens (tertiary/aromatic N) is 3. The smallest absolute Gasteiger partial charge is 0.142 e. The summed E-state index contributed by atoms with van der Waals surface area (Å²) >= 11 is 0. The maximum atomic E-state index is 4.39. The van der Waals surface area contributed by atoms with Crippen LogP contribution >= 0.6 is 0 Å². The minimum absolute atomic E-state index is 0.472. The number of hydrogen-bond donors (Lipinski definition) is 1. The Labute approximate surface area is 107 Å². The number of aromatic nitrogens is 3. The Morgan fingerprint density at radius 2 is 2.06 bits per heavy atom. The highest BCUT2D eigenvalue weighted by Gasteiger charge is 2.22. The molecule has 18 heavy (non-hydrogen) atoms. The van der Waals surface area contributed by atoms with Gasteiger partial charge in [0.1, 0.15) is 11.6 Å². The monoisotopic (exact) mass is 242 g/mol. The Morgan fingerprint density at radius 3 is 2.78 bits per heavy atom. The van der Waals surface area contributed by atoms with Gasteiger partial charge in [-0.2, -0.15) is 0 Å². The summed E-state index contributed by atoms with van der Waals surface area (Å²) in [5.41, 5.74) is 1.15. The fraction of sp³-hybridized carbons (Fsp3) is 0.429. The molecule has 1 atom stereocenters. The van der Waals surface area contributed by atoms with E-state index in [1.165, 1.54) is 12.8 Å². The molecule has 2 aromatic rings.